The van der Waals surface area contributed by atoms with Gasteiger partial charge in [0.25, 0.3) is 0 Å². The first-order valence-electron chi connectivity index (χ1n) is 18.7. The molecule has 0 aliphatic carbocycles. The second-order valence-electron chi connectivity index (χ2n) is 12.4. The first kappa shape index (κ1) is 51.3. The minimum atomic E-state index is -0.857. The fraction of sp³-hybridized carbons (Fsp3) is 0.676. The summed E-state index contributed by atoms with van der Waals surface area (Å²) < 4.78 is 13.4. The van der Waals surface area contributed by atoms with E-state index in [1.165, 1.54) is 44.9 Å². The minimum Gasteiger partial charge on any atom is -0.481 e. The van der Waals surface area contributed by atoms with Crippen molar-refractivity contribution in [3.05, 3.63) is 29.3 Å². The molecule has 1 amide bonds. The fourth-order valence-corrected chi connectivity index (χ4v) is 4.88. The maximum absolute atomic E-state index is 13.4. The van der Waals surface area contributed by atoms with Crippen molar-refractivity contribution in [3.63, 3.8) is 0 Å². The van der Waals surface area contributed by atoms with Crippen LogP contribution in [-0.4, -0.2) is 100 Å². The second kappa shape index (κ2) is 34.0. The summed E-state index contributed by atoms with van der Waals surface area (Å²) in [6.07, 6.45) is 12.1. The van der Waals surface area contributed by atoms with Gasteiger partial charge >= 0.3 is 17.9 Å². The zero-order valence-electron chi connectivity index (χ0n) is 33.0. The molecule has 0 radical (unpaired) electrons. The standard InChI is InChI=1S/C21H32FN7O3S.C10H22.2C3H6O2/c1-3-7-28(9-10-29(8-4-2)14-20(31)32)13-19(30)23-12-17-11-16(5-6-18(17)33-22)21-26-24-15-25-27-21;1-4-6-7-8-9-10(3)5-2;2*1-2-3(4)5/h5-6,11,15H,3-4,7-10,12-14H2,1-2H3,(H,23,30)(H,24,25)(H,26,27)(H,31,32);10H,4-9H2,1-3H3;2*2H2,1H3,(H,4,5). The Morgan fingerprint density at radius 1 is 0.830 bits per heavy atom. The average molecular weight is 772 g/mol. The van der Waals surface area contributed by atoms with Crippen molar-refractivity contribution in [2.75, 3.05) is 39.3 Å². The van der Waals surface area contributed by atoms with E-state index in [9.17, 15) is 23.1 Å². The lowest BCUT2D eigenvalue weighted by Crippen LogP contribution is -2.42. The topological polar surface area (TPSA) is 196 Å². The molecule has 1 aromatic rings. The van der Waals surface area contributed by atoms with Gasteiger partial charge in [-0.25, -0.2) is 0 Å². The molecule has 14 nitrogen and oxygen atoms in total. The number of nitrogens with one attached hydrogen (secondary N) is 3. The molecule has 304 valence electrons. The Labute approximate surface area is 320 Å². The second-order valence-corrected chi connectivity index (χ2v) is 13.0. The van der Waals surface area contributed by atoms with Crippen molar-refractivity contribution < 1.29 is 38.4 Å². The highest BCUT2D eigenvalue weighted by Gasteiger charge is 2.16. The molecule has 6 N–H and O–H groups in total. The smallest absolute Gasteiger partial charge is 0.317 e. The van der Waals surface area contributed by atoms with Crippen molar-refractivity contribution in [3.8, 4) is 0 Å². The van der Waals surface area contributed by atoms with Gasteiger partial charge in [-0.05, 0) is 55.6 Å². The molecule has 1 unspecified atom stereocenters. The van der Waals surface area contributed by atoms with Crippen molar-refractivity contribution >= 4 is 48.1 Å². The number of unbranched alkanes of at least 4 members (excludes halogenated alkanes) is 3. The summed E-state index contributed by atoms with van der Waals surface area (Å²) in [6, 6.07) is 5.12. The van der Waals surface area contributed by atoms with Crippen LogP contribution in [0.15, 0.2) is 33.3 Å². The normalized spacial score (nSPS) is 12.0. The van der Waals surface area contributed by atoms with E-state index in [0.29, 0.717) is 41.5 Å². The third kappa shape index (κ3) is 29.4. The molecule has 0 aromatic heterocycles. The number of carbonyl (C=O) groups excluding carboxylic acids is 1. The Morgan fingerprint density at radius 3 is 1.87 bits per heavy atom. The van der Waals surface area contributed by atoms with Crippen LogP contribution in [0, 0.1) is 5.92 Å². The van der Waals surface area contributed by atoms with Crippen LogP contribution in [0.25, 0.3) is 0 Å². The number of hydrogen-bond donors (Lipinski definition) is 6. The fourth-order valence-electron chi connectivity index (χ4n) is 4.53. The van der Waals surface area contributed by atoms with E-state index in [-0.39, 0.29) is 50.5 Å². The van der Waals surface area contributed by atoms with E-state index in [1.807, 2.05) is 23.6 Å². The van der Waals surface area contributed by atoms with Gasteiger partial charge in [-0.1, -0.05) is 87.0 Å². The number of carbonyl (C=O) groups is 4. The Hall–Kier alpha value is -3.76. The third-order valence-electron chi connectivity index (χ3n) is 7.75. The van der Waals surface area contributed by atoms with Gasteiger partial charge in [-0.3, -0.25) is 39.8 Å². The average Bonchev–Trinajstić information content (AvgIpc) is 3.15. The summed E-state index contributed by atoms with van der Waals surface area (Å²) in [7, 11) is 0. The van der Waals surface area contributed by atoms with Crippen LogP contribution in [0.4, 0.5) is 3.89 Å². The first-order chi connectivity index (χ1) is 25.3. The third-order valence-corrected chi connectivity index (χ3v) is 8.32. The molecule has 2 rings (SSSR count). The summed E-state index contributed by atoms with van der Waals surface area (Å²) >= 11 is 0.124. The number of hydrazone groups is 2. The Kier molecular flexibility index (Phi) is 33.0. The van der Waals surface area contributed by atoms with Gasteiger partial charge < -0.3 is 20.6 Å². The Bertz CT molecular complexity index is 1210. The zero-order chi connectivity index (χ0) is 40.4. The number of halogens is 1. The van der Waals surface area contributed by atoms with Gasteiger partial charge in [0.1, 0.15) is 6.34 Å². The molecule has 0 saturated carbocycles. The summed E-state index contributed by atoms with van der Waals surface area (Å²) in [5, 5.41) is 35.4. The molecule has 1 atom stereocenters. The monoisotopic (exact) mass is 771 g/mol. The maximum Gasteiger partial charge on any atom is 0.317 e. The molecule has 53 heavy (non-hydrogen) atoms. The van der Waals surface area contributed by atoms with E-state index in [4.69, 9.17) is 15.3 Å². The number of rotatable bonds is 23. The molecule has 0 bridgehead atoms. The number of benzene rings is 1. The van der Waals surface area contributed by atoms with E-state index in [1.54, 1.807) is 32.0 Å². The number of carboxylic acid groups (broad SMARTS) is 3. The summed E-state index contributed by atoms with van der Waals surface area (Å²) in [5.41, 5.74) is 6.76. The number of carboxylic acids is 3. The SMILES string of the molecule is CCC(=O)O.CCC(=O)O.CCCCCCC(C)CC.CCCN(CCN(CCC)CC(=O)NCc1cc(C2=NNC=NN2)ccc1SF)CC(=O)O. The lowest BCUT2D eigenvalue weighted by atomic mass is 10.0. The molecule has 0 spiro atoms. The van der Waals surface area contributed by atoms with Gasteiger partial charge in [-0.15, -0.1) is 0 Å². The number of amides is 1. The number of amidine groups is 1. The number of hydrogen-bond acceptors (Lipinski definition) is 11. The van der Waals surface area contributed by atoms with Gasteiger partial charge in [0.2, 0.25) is 5.91 Å². The highest BCUT2D eigenvalue weighted by atomic mass is 32.2. The zero-order valence-corrected chi connectivity index (χ0v) is 33.8. The lowest BCUT2D eigenvalue weighted by Gasteiger charge is -2.26. The van der Waals surface area contributed by atoms with Gasteiger partial charge in [-0.2, -0.15) is 14.1 Å². The van der Waals surface area contributed by atoms with E-state index < -0.39 is 17.9 Å². The Morgan fingerprint density at radius 2 is 1.42 bits per heavy atom. The van der Waals surface area contributed by atoms with Gasteiger partial charge in [0, 0.05) is 42.9 Å². The van der Waals surface area contributed by atoms with Crippen LogP contribution in [0.2, 0.25) is 0 Å². The van der Waals surface area contributed by atoms with Crippen LogP contribution < -0.4 is 16.2 Å². The molecule has 0 fully saturated rings. The van der Waals surface area contributed by atoms with E-state index in [2.05, 4.69) is 47.1 Å². The molecule has 0 saturated heterocycles. The van der Waals surface area contributed by atoms with E-state index in [0.717, 1.165) is 25.3 Å². The number of aliphatic carboxylic acids is 3. The first-order valence-corrected chi connectivity index (χ1v) is 19.4. The largest absolute Gasteiger partial charge is 0.481 e. The molecular weight excluding hydrogens is 706 g/mol. The van der Waals surface area contributed by atoms with Crippen LogP contribution in [0.3, 0.4) is 0 Å². The minimum absolute atomic E-state index is 0.0129. The van der Waals surface area contributed by atoms with Crippen LogP contribution in [0.1, 0.15) is 124 Å². The van der Waals surface area contributed by atoms with Crippen LogP contribution in [0.5, 0.6) is 0 Å². The number of nitrogens with zero attached hydrogens (tertiary/aromatic N) is 4. The molecule has 16 heteroatoms. The summed E-state index contributed by atoms with van der Waals surface area (Å²) in [4.78, 5) is 46.7. The quantitative estimate of drug-likeness (QED) is 0.0658. The highest BCUT2D eigenvalue weighted by Crippen LogP contribution is 2.25. The molecule has 1 aromatic carbocycles. The predicted octanol–water partition coefficient (Wildman–Crippen LogP) is 6.55. The van der Waals surface area contributed by atoms with Crippen molar-refractivity contribution in [2.45, 2.75) is 124 Å². The molecule has 1 aliphatic heterocycles. The van der Waals surface area contributed by atoms with Gasteiger partial charge in [0.15, 0.2) is 5.84 Å². The molecule has 1 aliphatic rings. The predicted molar refractivity (Wildman–Crippen MR) is 212 cm³/mol. The highest BCUT2D eigenvalue weighted by molar-refractivity contribution is 7.94. The van der Waals surface area contributed by atoms with Crippen molar-refractivity contribution in [1.82, 2.24) is 26.0 Å². The summed E-state index contributed by atoms with van der Waals surface area (Å²) in [5.74, 6) is -1.08. The van der Waals surface area contributed by atoms with Crippen molar-refractivity contribution in [1.29, 1.82) is 0 Å². The lowest BCUT2D eigenvalue weighted by molar-refractivity contribution is -0.139. The van der Waals surface area contributed by atoms with Crippen LogP contribution >= 0.6 is 12.1 Å². The van der Waals surface area contributed by atoms with Crippen molar-refractivity contribution in [2.24, 2.45) is 16.1 Å². The molecular formula is C37H66FN7O7S. The van der Waals surface area contributed by atoms with Gasteiger partial charge in [0.05, 0.1) is 25.2 Å². The summed E-state index contributed by atoms with van der Waals surface area (Å²) in [6.45, 7) is 17.1. The molecule has 1 heterocycles. The Balaban J connectivity index is 0. The van der Waals surface area contributed by atoms with E-state index >= 15 is 0 Å². The van der Waals surface area contributed by atoms with Crippen LogP contribution in [-0.2, 0) is 25.7 Å². The maximum atomic E-state index is 13.4.